The summed E-state index contributed by atoms with van der Waals surface area (Å²) in [7, 11) is 1.57. The minimum Gasteiger partial charge on any atom is -0.497 e. The van der Waals surface area contributed by atoms with Crippen molar-refractivity contribution in [3.05, 3.63) is 71.2 Å². The monoisotopic (exact) mass is 494 g/mol. The van der Waals surface area contributed by atoms with E-state index in [1.165, 1.54) is 16.2 Å². The fourth-order valence-corrected chi connectivity index (χ4v) is 4.14. The number of carbonyl (C=O) groups is 3. The Bertz CT molecular complexity index is 1150. The second kappa shape index (κ2) is 12.1. The van der Waals surface area contributed by atoms with Gasteiger partial charge in [-0.1, -0.05) is 24.3 Å². The molecule has 1 aromatic heterocycles. The zero-order valence-corrected chi connectivity index (χ0v) is 21.1. The van der Waals surface area contributed by atoms with E-state index in [9.17, 15) is 14.4 Å². The van der Waals surface area contributed by atoms with Crippen LogP contribution >= 0.6 is 11.3 Å². The van der Waals surface area contributed by atoms with Gasteiger partial charge in [0, 0.05) is 36.1 Å². The molecule has 0 radical (unpaired) electrons. The summed E-state index contributed by atoms with van der Waals surface area (Å²) in [6.45, 7) is 5.65. The summed E-state index contributed by atoms with van der Waals surface area (Å²) in [5.74, 6) is -0.328. The molecule has 0 fully saturated rings. The van der Waals surface area contributed by atoms with E-state index in [-0.39, 0.29) is 36.6 Å². The Labute approximate surface area is 209 Å². The Balaban J connectivity index is 1.95. The van der Waals surface area contributed by atoms with Gasteiger partial charge in [-0.3, -0.25) is 19.3 Å². The van der Waals surface area contributed by atoms with Crippen LogP contribution in [0, 0.1) is 6.92 Å². The van der Waals surface area contributed by atoms with Crippen molar-refractivity contribution in [3.8, 4) is 5.75 Å². The fourth-order valence-electron chi connectivity index (χ4n) is 3.59. The molecule has 2 N–H and O–H groups in total. The highest BCUT2D eigenvalue weighted by Gasteiger charge is 2.33. The number of hydrogen-bond donors (Lipinski definition) is 2. The van der Waals surface area contributed by atoms with Crippen LogP contribution in [0.4, 0.5) is 10.8 Å². The van der Waals surface area contributed by atoms with E-state index in [1.807, 2.05) is 39.0 Å². The van der Waals surface area contributed by atoms with E-state index in [2.05, 4.69) is 15.6 Å². The minimum atomic E-state index is -0.931. The summed E-state index contributed by atoms with van der Waals surface area (Å²) in [5, 5.41) is 7.86. The van der Waals surface area contributed by atoms with Crippen LogP contribution in [0.1, 0.15) is 43.9 Å². The number of anilines is 2. The summed E-state index contributed by atoms with van der Waals surface area (Å²) in [6, 6.07) is 13.4. The number of benzene rings is 2. The molecule has 1 heterocycles. The van der Waals surface area contributed by atoms with Crippen LogP contribution in [0.2, 0.25) is 0 Å². The molecule has 3 amide bonds. The van der Waals surface area contributed by atoms with Gasteiger partial charge in [0.2, 0.25) is 17.7 Å². The van der Waals surface area contributed by atoms with E-state index in [0.717, 1.165) is 5.56 Å². The molecular formula is C26H30N4O4S. The van der Waals surface area contributed by atoms with Gasteiger partial charge in [0.1, 0.15) is 11.8 Å². The van der Waals surface area contributed by atoms with Crippen molar-refractivity contribution in [2.24, 2.45) is 0 Å². The molecule has 0 saturated heterocycles. The predicted molar refractivity (Wildman–Crippen MR) is 138 cm³/mol. The van der Waals surface area contributed by atoms with Crippen LogP contribution in [0.3, 0.4) is 0 Å². The van der Waals surface area contributed by atoms with Crippen molar-refractivity contribution in [3.63, 3.8) is 0 Å². The summed E-state index contributed by atoms with van der Waals surface area (Å²) >= 11 is 1.30. The molecule has 0 spiro atoms. The van der Waals surface area contributed by atoms with Gasteiger partial charge < -0.3 is 15.4 Å². The maximum Gasteiger partial charge on any atom is 0.248 e. The second-order valence-corrected chi connectivity index (χ2v) is 9.22. The van der Waals surface area contributed by atoms with Crippen LogP contribution in [0.5, 0.6) is 5.75 Å². The zero-order chi connectivity index (χ0) is 25.4. The molecule has 9 heteroatoms. The molecule has 184 valence electrons. The number of ether oxygens (including phenoxy) is 1. The molecule has 0 aliphatic rings. The SMILES string of the molecule is COc1ccc([C@@H](C(=O)NC(C)C)N(C(=O)CCC(=O)Nc2nccs2)c2cccc(C)c2)cc1. The van der Waals surface area contributed by atoms with E-state index in [1.54, 1.807) is 49.0 Å². The topological polar surface area (TPSA) is 101 Å². The lowest BCUT2D eigenvalue weighted by atomic mass is 10.0. The first kappa shape index (κ1) is 25.9. The van der Waals surface area contributed by atoms with Crippen molar-refractivity contribution in [2.45, 2.75) is 45.7 Å². The maximum atomic E-state index is 13.6. The van der Waals surface area contributed by atoms with E-state index in [4.69, 9.17) is 4.74 Å². The van der Waals surface area contributed by atoms with Crippen LogP contribution in [-0.4, -0.2) is 35.9 Å². The highest BCUT2D eigenvalue weighted by Crippen LogP contribution is 2.31. The third-order valence-corrected chi connectivity index (χ3v) is 5.85. The lowest BCUT2D eigenvalue weighted by Gasteiger charge is -2.32. The lowest BCUT2D eigenvalue weighted by molar-refractivity contribution is -0.127. The van der Waals surface area contributed by atoms with Gasteiger partial charge in [-0.25, -0.2) is 4.98 Å². The summed E-state index contributed by atoms with van der Waals surface area (Å²) in [4.78, 5) is 45.0. The number of methoxy groups -OCH3 is 1. The van der Waals surface area contributed by atoms with Gasteiger partial charge in [0.05, 0.1) is 7.11 Å². The normalized spacial score (nSPS) is 11.6. The molecule has 3 rings (SSSR count). The Kier molecular flexibility index (Phi) is 8.97. The summed E-state index contributed by atoms with van der Waals surface area (Å²) in [5.41, 5.74) is 2.15. The summed E-state index contributed by atoms with van der Waals surface area (Å²) < 4.78 is 5.26. The van der Waals surface area contributed by atoms with Gasteiger partial charge in [0.25, 0.3) is 0 Å². The molecular weight excluding hydrogens is 464 g/mol. The van der Waals surface area contributed by atoms with Gasteiger partial charge in [-0.15, -0.1) is 11.3 Å². The number of aromatic nitrogens is 1. The van der Waals surface area contributed by atoms with Crippen molar-refractivity contribution in [2.75, 3.05) is 17.3 Å². The highest BCUT2D eigenvalue weighted by molar-refractivity contribution is 7.13. The first-order valence-corrected chi connectivity index (χ1v) is 12.2. The smallest absolute Gasteiger partial charge is 0.248 e. The molecule has 0 unspecified atom stereocenters. The first-order valence-electron chi connectivity index (χ1n) is 11.3. The van der Waals surface area contributed by atoms with Gasteiger partial charge >= 0.3 is 0 Å². The van der Waals surface area contributed by atoms with Crippen LogP contribution in [0.25, 0.3) is 0 Å². The molecule has 35 heavy (non-hydrogen) atoms. The highest BCUT2D eigenvalue weighted by atomic mass is 32.1. The van der Waals surface area contributed by atoms with Gasteiger partial charge in [0.15, 0.2) is 5.13 Å². The van der Waals surface area contributed by atoms with E-state index < -0.39 is 6.04 Å². The number of carbonyl (C=O) groups excluding carboxylic acids is 3. The van der Waals surface area contributed by atoms with Crippen molar-refractivity contribution in [1.29, 1.82) is 0 Å². The number of thiazole rings is 1. The number of rotatable bonds is 10. The van der Waals surface area contributed by atoms with Crippen LogP contribution in [-0.2, 0) is 14.4 Å². The Morgan fingerprint density at radius 1 is 1.09 bits per heavy atom. The number of nitrogens with zero attached hydrogens (tertiary/aromatic N) is 2. The standard InChI is InChI=1S/C26H30N4O4S/c1-17(2)28-25(33)24(19-8-10-21(34-4)11-9-19)30(20-7-5-6-18(3)16-20)23(32)13-12-22(31)29-26-27-14-15-35-26/h5-11,14-17,24H,12-13H2,1-4H3,(H,28,33)(H,27,29,31)/t24-/m0/s1. The molecule has 0 bridgehead atoms. The Morgan fingerprint density at radius 2 is 1.83 bits per heavy atom. The first-order chi connectivity index (χ1) is 16.8. The van der Waals surface area contributed by atoms with E-state index in [0.29, 0.717) is 22.1 Å². The third kappa shape index (κ3) is 7.13. The Morgan fingerprint density at radius 3 is 2.43 bits per heavy atom. The molecule has 0 saturated carbocycles. The van der Waals surface area contributed by atoms with Crippen LogP contribution in [0.15, 0.2) is 60.1 Å². The molecule has 8 nitrogen and oxygen atoms in total. The number of aryl methyl sites for hydroxylation is 1. The zero-order valence-electron chi connectivity index (χ0n) is 20.3. The number of nitrogens with one attached hydrogen (secondary N) is 2. The molecule has 3 aromatic rings. The largest absolute Gasteiger partial charge is 0.497 e. The van der Waals surface area contributed by atoms with Gasteiger partial charge in [-0.05, 0) is 56.2 Å². The number of amides is 3. The van der Waals surface area contributed by atoms with Crippen molar-refractivity contribution in [1.82, 2.24) is 10.3 Å². The van der Waals surface area contributed by atoms with Gasteiger partial charge in [-0.2, -0.15) is 0 Å². The minimum absolute atomic E-state index is 0.0398. The molecule has 2 aromatic carbocycles. The van der Waals surface area contributed by atoms with E-state index >= 15 is 0 Å². The average Bonchev–Trinajstić information content (AvgIpc) is 3.33. The van der Waals surface area contributed by atoms with Crippen molar-refractivity contribution >= 4 is 39.9 Å². The third-order valence-electron chi connectivity index (χ3n) is 5.16. The fraction of sp³-hybridized carbons (Fsp3) is 0.308. The van der Waals surface area contributed by atoms with Crippen molar-refractivity contribution < 1.29 is 19.1 Å². The molecule has 0 aliphatic heterocycles. The van der Waals surface area contributed by atoms with Crippen LogP contribution < -0.4 is 20.3 Å². The maximum absolute atomic E-state index is 13.6. The second-order valence-electron chi connectivity index (χ2n) is 8.33. The number of hydrogen-bond acceptors (Lipinski definition) is 6. The average molecular weight is 495 g/mol. The molecule has 1 atom stereocenters. The Hall–Kier alpha value is -3.72. The molecule has 0 aliphatic carbocycles. The predicted octanol–water partition coefficient (Wildman–Crippen LogP) is 4.48. The lowest BCUT2D eigenvalue weighted by Crippen LogP contribution is -2.46. The summed E-state index contributed by atoms with van der Waals surface area (Å²) in [6.07, 6.45) is 1.48. The quantitative estimate of drug-likeness (QED) is 0.433.